The second-order valence-electron chi connectivity index (χ2n) is 8.42. The largest absolute Gasteiger partial charge is 0.491 e. The number of anilines is 1. The molecule has 0 aliphatic heterocycles. The molecule has 0 radical (unpaired) electrons. The topological polar surface area (TPSA) is 72.2 Å². The second kappa shape index (κ2) is 10.2. The third-order valence-corrected chi connectivity index (χ3v) is 7.17. The SMILES string of the molecule is COc1c(F)ccc([C@@H](Nc2cccc3nc(C)ccc23)[C@](O)(CSc2nccn2C)C(F)(F)F)c1F. The van der Waals surface area contributed by atoms with Crippen molar-refractivity contribution < 1.29 is 31.8 Å². The number of nitrogens with zero attached hydrogens (tertiary/aromatic N) is 3. The Labute approximate surface area is 213 Å². The van der Waals surface area contributed by atoms with E-state index in [0.29, 0.717) is 28.4 Å². The van der Waals surface area contributed by atoms with Crippen molar-refractivity contribution in [3.63, 3.8) is 0 Å². The van der Waals surface area contributed by atoms with Gasteiger partial charge in [0.15, 0.2) is 28.1 Å². The highest BCUT2D eigenvalue weighted by Crippen LogP contribution is 2.47. The van der Waals surface area contributed by atoms with Gasteiger partial charge in [0.25, 0.3) is 0 Å². The number of rotatable bonds is 8. The molecule has 4 aromatic rings. The van der Waals surface area contributed by atoms with Crippen molar-refractivity contribution in [2.24, 2.45) is 7.05 Å². The summed E-state index contributed by atoms with van der Waals surface area (Å²) in [7, 11) is 2.59. The third kappa shape index (κ3) is 5.08. The molecule has 2 atom stereocenters. The number of thioether (sulfide) groups is 1. The Morgan fingerprint density at radius 1 is 1.14 bits per heavy atom. The van der Waals surface area contributed by atoms with Crippen LogP contribution in [0.25, 0.3) is 10.9 Å². The summed E-state index contributed by atoms with van der Waals surface area (Å²) in [5, 5.41) is 14.7. The molecule has 0 aliphatic rings. The minimum absolute atomic E-state index is 0.169. The molecule has 2 heterocycles. The zero-order chi connectivity index (χ0) is 27.0. The molecule has 0 aliphatic carbocycles. The lowest BCUT2D eigenvalue weighted by molar-refractivity contribution is -0.256. The van der Waals surface area contributed by atoms with Gasteiger partial charge in [-0.15, -0.1) is 0 Å². The van der Waals surface area contributed by atoms with Crippen LogP contribution in [0.3, 0.4) is 0 Å². The number of benzene rings is 2. The summed E-state index contributed by atoms with van der Waals surface area (Å²) in [5.41, 5.74) is -2.82. The van der Waals surface area contributed by atoms with Crippen molar-refractivity contribution in [3.8, 4) is 5.75 Å². The number of methoxy groups -OCH3 is 1. The van der Waals surface area contributed by atoms with Gasteiger partial charge >= 0.3 is 6.18 Å². The molecule has 0 saturated heterocycles. The fraction of sp³-hybridized carbons (Fsp3) is 0.280. The molecule has 0 unspecified atom stereocenters. The smallest absolute Gasteiger partial charge is 0.420 e. The highest BCUT2D eigenvalue weighted by atomic mass is 32.2. The van der Waals surface area contributed by atoms with E-state index < -0.39 is 46.5 Å². The van der Waals surface area contributed by atoms with E-state index in [2.05, 4.69) is 15.3 Å². The van der Waals surface area contributed by atoms with Crippen molar-refractivity contribution in [2.45, 2.75) is 29.9 Å². The predicted octanol–water partition coefficient (Wildman–Crippen LogP) is 5.80. The van der Waals surface area contributed by atoms with Crippen LogP contribution in [-0.2, 0) is 7.05 Å². The Bertz CT molecular complexity index is 1430. The number of nitrogens with one attached hydrogen (secondary N) is 1. The minimum Gasteiger partial charge on any atom is -0.491 e. The highest BCUT2D eigenvalue weighted by Gasteiger charge is 2.60. The van der Waals surface area contributed by atoms with Gasteiger partial charge in [0.05, 0.1) is 18.7 Å². The molecular formula is C25H23F5N4O2S. The molecule has 2 aromatic heterocycles. The van der Waals surface area contributed by atoms with E-state index in [4.69, 9.17) is 4.74 Å². The number of pyridine rings is 1. The van der Waals surface area contributed by atoms with Gasteiger partial charge < -0.3 is 19.7 Å². The molecular weight excluding hydrogens is 515 g/mol. The Morgan fingerprint density at radius 2 is 1.89 bits per heavy atom. The normalized spacial score (nSPS) is 14.4. The van der Waals surface area contributed by atoms with Crippen LogP contribution in [0.2, 0.25) is 0 Å². The summed E-state index contributed by atoms with van der Waals surface area (Å²) in [6.07, 6.45) is -2.29. The van der Waals surface area contributed by atoms with Crippen LogP contribution in [0.15, 0.2) is 60.0 Å². The molecule has 2 N–H and O–H groups in total. The highest BCUT2D eigenvalue weighted by molar-refractivity contribution is 7.99. The number of ether oxygens (including phenoxy) is 1. The fourth-order valence-electron chi connectivity index (χ4n) is 3.94. The quantitative estimate of drug-likeness (QED) is 0.218. The Hall–Kier alpha value is -3.38. The van der Waals surface area contributed by atoms with Crippen LogP contribution in [0.5, 0.6) is 5.75 Å². The first kappa shape index (κ1) is 26.7. The Balaban J connectivity index is 1.89. The number of imidazole rings is 1. The van der Waals surface area contributed by atoms with E-state index in [1.807, 2.05) is 0 Å². The van der Waals surface area contributed by atoms with Gasteiger partial charge in [-0.1, -0.05) is 23.9 Å². The third-order valence-electron chi connectivity index (χ3n) is 5.93. The van der Waals surface area contributed by atoms with Crippen LogP contribution in [0.4, 0.5) is 27.6 Å². The van der Waals surface area contributed by atoms with Crippen LogP contribution >= 0.6 is 11.8 Å². The van der Waals surface area contributed by atoms with Crippen molar-refractivity contribution in [3.05, 3.63) is 77.8 Å². The maximum atomic E-state index is 15.4. The predicted molar refractivity (Wildman–Crippen MR) is 131 cm³/mol. The van der Waals surface area contributed by atoms with Gasteiger partial charge in [-0.2, -0.15) is 13.2 Å². The number of halogens is 5. The average Bonchev–Trinajstić information content (AvgIpc) is 3.25. The maximum absolute atomic E-state index is 15.4. The maximum Gasteiger partial charge on any atom is 0.420 e. The van der Waals surface area contributed by atoms with Gasteiger partial charge in [-0.3, -0.25) is 4.98 Å². The number of aliphatic hydroxyl groups is 1. The molecule has 2 aromatic carbocycles. The average molecular weight is 539 g/mol. The van der Waals surface area contributed by atoms with Crippen molar-refractivity contribution >= 4 is 28.4 Å². The monoisotopic (exact) mass is 538 g/mol. The van der Waals surface area contributed by atoms with Crippen LogP contribution in [0, 0.1) is 18.6 Å². The first-order valence-electron chi connectivity index (χ1n) is 11.0. The minimum atomic E-state index is -5.24. The van der Waals surface area contributed by atoms with Gasteiger partial charge in [0.2, 0.25) is 0 Å². The van der Waals surface area contributed by atoms with E-state index in [1.54, 1.807) is 44.4 Å². The van der Waals surface area contributed by atoms with Gasteiger partial charge in [0, 0.05) is 47.5 Å². The molecule has 6 nitrogen and oxygen atoms in total. The number of alkyl halides is 3. The van der Waals surface area contributed by atoms with Gasteiger partial charge in [-0.25, -0.2) is 13.8 Å². The van der Waals surface area contributed by atoms with E-state index in [-0.39, 0.29) is 10.8 Å². The van der Waals surface area contributed by atoms with E-state index >= 15 is 4.39 Å². The fourth-order valence-corrected chi connectivity index (χ4v) is 5.02. The van der Waals surface area contributed by atoms with Crippen LogP contribution in [-0.4, -0.2) is 44.3 Å². The van der Waals surface area contributed by atoms with E-state index in [0.717, 1.165) is 19.2 Å². The summed E-state index contributed by atoms with van der Waals surface area (Å²) in [4.78, 5) is 8.38. The number of hydrogen-bond donors (Lipinski definition) is 2. The Morgan fingerprint density at radius 3 is 2.54 bits per heavy atom. The van der Waals surface area contributed by atoms with E-state index in [1.165, 1.54) is 16.8 Å². The standard InChI is InChI=1S/C25H23F5N4O2S/c1-14-7-8-15-18(32-14)5-4-6-19(15)33-22(16-9-10-17(26)21(36-3)20(16)27)24(35,25(28,29)30)13-37-23-31-11-12-34(23)2/h4-12,22,33,35H,13H2,1-3H3/t22-,24-/m1/s1. The first-order chi connectivity index (χ1) is 17.5. The molecule has 0 saturated carbocycles. The second-order valence-corrected chi connectivity index (χ2v) is 9.36. The molecule has 0 spiro atoms. The number of fused-ring (bicyclic) bond motifs is 1. The first-order valence-corrected chi connectivity index (χ1v) is 12.0. The lowest BCUT2D eigenvalue weighted by atomic mass is 9.88. The summed E-state index contributed by atoms with van der Waals surface area (Å²) in [6.45, 7) is 1.76. The summed E-state index contributed by atoms with van der Waals surface area (Å²) in [5.74, 6) is -4.26. The van der Waals surface area contributed by atoms with Gasteiger partial charge in [0.1, 0.15) is 0 Å². The summed E-state index contributed by atoms with van der Waals surface area (Å²) < 4.78 is 79.9. The van der Waals surface area contributed by atoms with E-state index in [9.17, 15) is 22.7 Å². The van der Waals surface area contributed by atoms with Crippen molar-refractivity contribution in [1.82, 2.24) is 14.5 Å². The molecule has 12 heteroatoms. The Kier molecular flexibility index (Phi) is 7.33. The molecule has 0 amide bonds. The van der Waals surface area contributed by atoms with Crippen molar-refractivity contribution in [1.29, 1.82) is 0 Å². The lowest BCUT2D eigenvalue weighted by Gasteiger charge is -2.39. The summed E-state index contributed by atoms with van der Waals surface area (Å²) >= 11 is 0.647. The lowest BCUT2D eigenvalue weighted by Crippen LogP contribution is -2.55. The zero-order valence-corrected chi connectivity index (χ0v) is 20.8. The zero-order valence-electron chi connectivity index (χ0n) is 20.0. The number of aryl methyl sites for hydroxylation is 2. The number of hydrogen-bond acceptors (Lipinski definition) is 6. The molecule has 196 valence electrons. The molecule has 4 rings (SSSR count). The van der Waals surface area contributed by atoms with Gasteiger partial charge in [-0.05, 0) is 37.3 Å². The summed E-state index contributed by atoms with van der Waals surface area (Å²) in [6, 6.07) is 7.63. The molecule has 37 heavy (non-hydrogen) atoms. The molecule has 0 fully saturated rings. The molecule has 0 bridgehead atoms. The van der Waals surface area contributed by atoms with Crippen molar-refractivity contribution in [2.75, 3.05) is 18.2 Å². The number of aromatic nitrogens is 3. The van der Waals surface area contributed by atoms with Crippen LogP contribution in [0.1, 0.15) is 17.3 Å². The van der Waals surface area contributed by atoms with Crippen LogP contribution < -0.4 is 10.1 Å².